The molecule has 0 aliphatic heterocycles. The van der Waals surface area contributed by atoms with Crippen LogP contribution in [0.5, 0.6) is 0 Å². The highest BCUT2D eigenvalue weighted by Crippen LogP contribution is 2.32. The number of rotatable bonds is 5. The molecule has 2 aromatic rings. The number of nitrogens with one attached hydrogen (secondary N) is 1. The molecular weight excluding hydrogens is 331 g/mol. The van der Waals surface area contributed by atoms with E-state index in [0.717, 1.165) is 33.8 Å². The van der Waals surface area contributed by atoms with E-state index in [1.807, 2.05) is 45.9 Å². The second-order valence-electron chi connectivity index (χ2n) is 6.57. The molecule has 2 rings (SSSR count). The molecule has 0 radical (unpaired) electrons. The second-order valence-corrected chi connectivity index (χ2v) is 6.57. The van der Waals surface area contributed by atoms with Crippen LogP contribution in [-0.2, 0) is 17.5 Å². The summed E-state index contributed by atoms with van der Waals surface area (Å²) in [7, 11) is 0. The van der Waals surface area contributed by atoms with Gasteiger partial charge in [-0.15, -0.1) is 0 Å². The Bertz CT molecular complexity index is 722. The van der Waals surface area contributed by atoms with Gasteiger partial charge in [0.15, 0.2) is 5.69 Å². The van der Waals surface area contributed by atoms with E-state index >= 15 is 0 Å². The van der Waals surface area contributed by atoms with Gasteiger partial charge in [-0.2, -0.15) is 18.3 Å². The summed E-state index contributed by atoms with van der Waals surface area (Å²) in [6.07, 6.45) is -3.36. The molecule has 0 saturated carbocycles. The number of hydrogen-bond donors (Lipinski definition) is 1. The zero-order valence-electron chi connectivity index (χ0n) is 14.7. The zero-order chi connectivity index (χ0) is 18.8. The van der Waals surface area contributed by atoms with Gasteiger partial charge >= 0.3 is 6.18 Å². The van der Waals surface area contributed by atoms with Crippen molar-refractivity contribution in [3.63, 3.8) is 0 Å². The predicted octanol–water partition coefficient (Wildman–Crippen LogP) is 4.79. The molecule has 7 heteroatoms. The molecule has 136 valence electrons. The molecule has 1 aromatic carbocycles. The first kappa shape index (κ1) is 19.0. The molecule has 25 heavy (non-hydrogen) atoms. The van der Waals surface area contributed by atoms with Gasteiger partial charge in [0, 0.05) is 11.9 Å². The zero-order valence-corrected chi connectivity index (χ0v) is 14.7. The van der Waals surface area contributed by atoms with Crippen LogP contribution < -0.4 is 5.32 Å². The minimum atomic E-state index is -4.52. The molecule has 0 aliphatic rings. The summed E-state index contributed by atoms with van der Waals surface area (Å²) in [5.41, 5.74) is 1.72. The first-order valence-electron chi connectivity index (χ1n) is 8.13. The summed E-state index contributed by atoms with van der Waals surface area (Å²) in [5.74, 6) is -0.00195. The largest absolute Gasteiger partial charge is 0.435 e. The highest BCUT2D eigenvalue weighted by molar-refractivity contribution is 5.92. The number of benzene rings is 1. The number of hydrogen-bond acceptors (Lipinski definition) is 2. The molecule has 0 bridgehead atoms. The van der Waals surface area contributed by atoms with Crippen molar-refractivity contribution in [3.05, 3.63) is 47.3 Å². The van der Waals surface area contributed by atoms with Gasteiger partial charge in [-0.05, 0) is 29.0 Å². The fraction of sp³-hybridized carbons (Fsp3) is 0.444. The second kappa shape index (κ2) is 7.29. The molecule has 1 amide bonds. The van der Waals surface area contributed by atoms with Crippen molar-refractivity contribution in [2.24, 2.45) is 0 Å². The van der Waals surface area contributed by atoms with Crippen LogP contribution in [0, 0.1) is 0 Å². The van der Waals surface area contributed by atoms with Crippen LogP contribution in [0.4, 0.5) is 18.9 Å². The van der Waals surface area contributed by atoms with Gasteiger partial charge in [-0.1, -0.05) is 45.9 Å². The lowest BCUT2D eigenvalue weighted by Gasteiger charge is -2.20. The average Bonchev–Trinajstić information content (AvgIpc) is 2.95. The van der Waals surface area contributed by atoms with Gasteiger partial charge in [0.05, 0.1) is 0 Å². The summed E-state index contributed by atoms with van der Waals surface area (Å²) < 4.78 is 38.8. The fourth-order valence-electron chi connectivity index (χ4n) is 2.62. The Hall–Kier alpha value is -2.31. The highest BCUT2D eigenvalue weighted by Gasteiger charge is 2.33. The number of amides is 1. The number of halogens is 3. The van der Waals surface area contributed by atoms with Crippen molar-refractivity contribution in [1.29, 1.82) is 0 Å². The number of anilines is 1. The summed E-state index contributed by atoms with van der Waals surface area (Å²) in [6, 6.07) is 6.70. The lowest BCUT2D eigenvalue weighted by molar-refractivity contribution is -0.141. The van der Waals surface area contributed by atoms with Crippen LogP contribution in [0.15, 0.2) is 30.5 Å². The Balaban J connectivity index is 2.22. The third-order valence-corrected chi connectivity index (χ3v) is 3.87. The maximum absolute atomic E-state index is 12.6. The first-order valence-corrected chi connectivity index (χ1v) is 8.13. The van der Waals surface area contributed by atoms with Gasteiger partial charge in [-0.25, -0.2) is 0 Å². The topological polar surface area (TPSA) is 46.9 Å². The normalized spacial score (nSPS) is 12.0. The van der Waals surface area contributed by atoms with E-state index in [-0.39, 0.29) is 18.4 Å². The maximum Gasteiger partial charge on any atom is 0.435 e. The van der Waals surface area contributed by atoms with Crippen LogP contribution >= 0.6 is 0 Å². The minimum absolute atomic E-state index is 0.204. The lowest BCUT2D eigenvalue weighted by atomic mass is 9.92. The number of para-hydroxylation sites is 1. The molecule has 4 nitrogen and oxygen atoms in total. The van der Waals surface area contributed by atoms with Gasteiger partial charge in [0.2, 0.25) is 5.91 Å². The molecule has 0 fully saturated rings. The number of alkyl halides is 3. The van der Waals surface area contributed by atoms with Crippen molar-refractivity contribution >= 4 is 11.6 Å². The Morgan fingerprint density at radius 2 is 1.68 bits per heavy atom. The highest BCUT2D eigenvalue weighted by atomic mass is 19.4. The molecule has 1 N–H and O–H groups in total. The van der Waals surface area contributed by atoms with E-state index in [2.05, 4.69) is 10.4 Å². The number of carbonyl (C=O) groups is 1. The molecule has 0 spiro atoms. The minimum Gasteiger partial charge on any atom is -0.324 e. The smallest absolute Gasteiger partial charge is 0.324 e. The van der Waals surface area contributed by atoms with Gasteiger partial charge < -0.3 is 5.32 Å². The molecule has 0 unspecified atom stereocenters. The third-order valence-electron chi connectivity index (χ3n) is 3.87. The van der Waals surface area contributed by atoms with Crippen LogP contribution in [0.3, 0.4) is 0 Å². The van der Waals surface area contributed by atoms with E-state index in [1.54, 1.807) is 0 Å². The van der Waals surface area contributed by atoms with E-state index < -0.39 is 17.8 Å². The summed E-state index contributed by atoms with van der Waals surface area (Å²) in [6.45, 7) is 7.83. The molecule has 1 aromatic heterocycles. The summed E-state index contributed by atoms with van der Waals surface area (Å²) >= 11 is 0. The maximum atomic E-state index is 12.6. The third kappa shape index (κ3) is 4.61. The van der Waals surface area contributed by atoms with Gasteiger partial charge in [0.25, 0.3) is 0 Å². The fourth-order valence-corrected chi connectivity index (χ4v) is 2.62. The van der Waals surface area contributed by atoms with Crippen molar-refractivity contribution < 1.29 is 18.0 Å². The van der Waals surface area contributed by atoms with Crippen LogP contribution in [-0.4, -0.2) is 15.7 Å². The standard InChI is InChI=1S/C18H22F3N3O/c1-11(2)13-6-5-7-14(12(3)4)17(13)22-16(25)10-24-9-8-15(23-24)18(19,20)21/h5-9,11-12H,10H2,1-4H3,(H,22,25). The van der Waals surface area contributed by atoms with Crippen molar-refractivity contribution in [2.75, 3.05) is 5.32 Å². The molecule has 0 atom stereocenters. The average molecular weight is 353 g/mol. The van der Waals surface area contributed by atoms with Crippen molar-refractivity contribution in [3.8, 4) is 0 Å². The van der Waals surface area contributed by atoms with E-state index in [1.165, 1.54) is 0 Å². The van der Waals surface area contributed by atoms with Gasteiger partial charge in [0.1, 0.15) is 6.54 Å². The number of carbonyl (C=O) groups excluding carboxylic acids is 1. The quantitative estimate of drug-likeness (QED) is 0.840. The van der Waals surface area contributed by atoms with Crippen molar-refractivity contribution in [2.45, 2.75) is 52.3 Å². The van der Waals surface area contributed by atoms with E-state index in [4.69, 9.17) is 0 Å². The van der Waals surface area contributed by atoms with Crippen LogP contribution in [0.1, 0.15) is 56.4 Å². The van der Waals surface area contributed by atoms with Crippen LogP contribution in [0.2, 0.25) is 0 Å². The Labute approximate surface area is 145 Å². The molecule has 1 heterocycles. The lowest BCUT2D eigenvalue weighted by Crippen LogP contribution is -2.21. The molecule has 0 saturated heterocycles. The number of aromatic nitrogens is 2. The SMILES string of the molecule is CC(C)c1cccc(C(C)C)c1NC(=O)Cn1ccc(C(F)(F)F)n1. The monoisotopic (exact) mass is 353 g/mol. The first-order chi connectivity index (χ1) is 11.6. The summed E-state index contributed by atoms with van der Waals surface area (Å²) in [4.78, 5) is 12.3. The Morgan fingerprint density at radius 1 is 1.12 bits per heavy atom. The molecule has 0 aliphatic carbocycles. The van der Waals surface area contributed by atoms with E-state index in [9.17, 15) is 18.0 Å². The van der Waals surface area contributed by atoms with E-state index in [0.29, 0.717) is 0 Å². The van der Waals surface area contributed by atoms with Crippen LogP contribution in [0.25, 0.3) is 0 Å². The number of nitrogens with zero attached hydrogens (tertiary/aromatic N) is 2. The Morgan fingerprint density at radius 3 is 2.12 bits per heavy atom. The van der Waals surface area contributed by atoms with Crippen molar-refractivity contribution in [1.82, 2.24) is 9.78 Å². The predicted molar refractivity (Wildman–Crippen MR) is 90.5 cm³/mol. The molecular formula is C18H22F3N3O. The Kier molecular flexibility index (Phi) is 5.55. The van der Waals surface area contributed by atoms with Gasteiger partial charge in [-0.3, -0.25) is 9.48 Å². The summed E-state index contributed by atoms with van der Waals surface area (Å²) in [5, 5.41) is 6.27.